The molecule has 0 bridgehead atoms. The van der Waals surface area contributed by atoms with Gasteiger partial charge in [0.25, 0.3) is 0 Å². The summed E-state index contributed by atoms with van der Waals surface area (Å²) >= 11 is 0. The Morgan fingerprint density at radius 2 is 1.34 bits per heavy atom. The van der Waals surface area contributed by atoms with Gasteiger partial charge in [-0.25, -0.2) is 9.55 Å². The number of phosphoric ester groups is 1. The molecule has 9 nitrogen and oxygen atoms in total. The number of aliphatic hydroxyl groups is 1. The normalized spacial score (nSPS) is 14.0. The van der Waals surface area contributed by atoms with Gasteiger partial charge in [-0.15, -0.1) is 0 Å². The highest BCUT2D eigenvalue weighted by Gasteiger charge is 2.31. The minimum absolute atomic E-state index is 0.263. The average Bonchev–Trinajstić information content (AvgIpc) is 2.76. The molecule has 0 unspecified atom stereocenters. The molecule has 2 heterocycles. The van der Waals surface area contributed by atoms with Crippen LogP contribution in [-0.4, -0.2) is 17.2 Å². The maximum absolute atomic E-state index is 12.9. The number of phosphoric acid groups is 1. The molecule has 5 N–H and O–H groups in total. The first-order valence-corrected chi connectivity index (χ1v) is 13.7. The number of H-pyrrole nitrogens is 2. The Kier molecular flexibility index (Phi) is 9.59. The Hall–Kier alpha value is -3.13. The van der Waals surface area contributed by atoms with Crippen molar-refractivity contribution in [1.82, 2.24) is 4.98 Å². The van der Waals surface area contributed by atoms with Gasteiger partial charge >= 0.3 is 13.5 Å². The Labute approximate surface area is 224 Å². The molecule has 1 aliphatic heterocycles. The van der Waals surface area contributed by atoms with Crippen LogP contribution in [0.4, 0.5) is 5.82 Å². The van der Waals surface area contributed by atoms with Crippen molar-refractivity contribution in [1.29, 1.82) is 0 Å². The van der Waals surface area contributed by atoms with E-state index in [9.17, 15) is 14.3 Å². The third-order valence-electron chi connectivity index (χ3n) is 5.76. The van der Waals surface area contributed by atoms with E-state index in [0.717, 1.165) is 40.5 Å². The zero-order valence-corrected chi connectivity index (χ0v) is 24.6. The summed E-state index contributed by atoms with van der Waals surface area (Å²) in [5.41, 5.74) is 10.0. The van der Waals surface area contributed by atoms with Gasteiger partial charge in [-0.1, -0.05) is 76.9 Å². The van der Waals surface area contributed by atoms with Crippen LogP contribution in [0.3, 0.4) is 0 Å². The number of hydrogen-bond acceptors (Lipinski definition) is 7. The highest BCUT2D eigenvalue weighted by molar-refractivity contribution is 7.46. The molecule has 38 heavy (non-hydrogen) atoms. The van der Waals surface area contributed by atoms with Gasteiger partial charge < -0.3 is 24.8 Å². The second kappa shape index (κ2) is 11.7. The monoisotopic (exact) mass is 545 g/mol. The number of anilines is 1. The fourth-order valence-corrected chi connectivity index (χ4v) is 5.07. The fraction of sp³-hybridized carbons (Fsp3) is 0.429. The van der Waals surface area contributed by atoms with Gasteiger partial charge in [-0.05, 0) is 35.8 Å². The number of nitrogen functional groups attached to an aromatic ring is 1. The molecule has 1 aromatic heterocycles. The van der Waals surface area contributed by atoms with Gasteiger partial charge in [0.2, 0.25) is 0 Å². The minimum atomic E-state index is -4.60. The van der Waals surface area contributed by atoms with E-state index >= 15 is 0 Å². The molecule has 3 aromatic rings. The third-order valence-corrected chi connectivity index (χ3v) is 6.57. The number of nitrogens with one attached hydrogen (secondary N) is 2. The van der Waals surface area contributed by atoms with Gasteiger partial charge in [-0.2, -0.15) is 9.78 Å². The largest absolute Gasteiger partial charge is 0.736 e. The van der Waals surface area contributed by atoms with Crippen LogP contribution in [0.5, 0.6) is 11.5 Å². The lowest BCUT2D eigenvalue weighted by Crippen LogP contribution is -2.28. The molecule has 0 atom stereocenters. The number of rotatable bonds is 0. The molecule has 0 radical (unpaired) electrons. The molecular formula is C28H40N3O6P. The zero-order chi connectivity index (χ0) is 29.1. The molecule has 208 valence electrons. The first-order chi connectivity index (χ1) is 17.5. The van der Waals surface area contributed by atoms with Crippen molar-refractivity contribution in [2.24, 2.45) is 0 Å². The summed E-state index contributed by atoms with van der Waals surface area (Å²) in [5.74, 6) is 1.18. The first kappa shape index (κ1) is 31.1. The highest BCUT2D eigenvalue weighted by Crippen LogP contribution is 2.51. The molecule has 10 heteroatoms. The number of fused-ring (bicyclic) bond motifs is 2. The average molecular weight is 546 g/mol. The summed E-state index contributed by atoms with van der Waals surface area (Å²) in [7, 11) is -3.60. The van der Waals surface area contributed by atoms with E-state index in [1.807, 2.05) is 38.1 Å². The number of aliphatic hydroxyl groups excluding tert-OH is 1. The molecule has 0 aliphatic carbocycles. The van der Waals surface area contributed by atoms with Crippen LogP contribution in [0.15, 0.2) is 41.3 Å². The Bertz CT molecular complexity index is 1310. The lowest BCUT2D eigenvalue weighted by atomic mass is 9.81. The predicted molar refractivity (Wildman–Crippen MR) is 148 cm³/mol. The standard InChI is InChI=1S/C23H31O4P.C4H5N3O.CH4O/c1-14-9-16-13-17-10-15(2)12-19(23(6,7)8)21(17)27-28(24,25)26-20(16)18(11-14)22(3,4)5;5-3-1-2-6-4(8)7-3;1-2/h9-12H,13H2,1-8H3,(H,24,25);1-2H,(H3,5,6,7,8);2H,1H3. The van der Waals surface area contributed by atoms with Crippen LogP contribution in [0, 0.1) is 13.8 Å². The molecule has 1 aliphatic rings. The van der Waals surface area contributed by atoms with Gasteiger partial charge in [0.1, 0.15) is 11.5 Å². The van der Waals surface area contributed by atoms with E-state index < -0.39 is 7.82 Å². The maximum atomic E-state index is 12.9. The zero-order valence-electron chi connectivity index (χ0n) is 23.7. The Morgan fingerprint density at radius 1 is 0.921 bits per heavy atom. The summed E-state index contributed by atoms with van der Waals surface area (Å²) in [6.07, 6.45) is 2.04. The van der Waals surface area contributed by atoms with Crippen LogP contribution < -0.4 is 30.3 Å². The maximum Gasteiger partial charge on any atom is 0.495 e. The molecule has 0 saturated heterocycles. The lowest BCUT2D eigenvalue weighted by molar-refractivity contribution is -0.402. The summed E-state index contributed by atoms with van der Waals surface area (Å²) in [6.45, 7) is 16.4. The fourth-order valence-electron chi connectivity index (χ4n) is 4.15. The first-order valence-electron chi connectivity index (χ1n) is 12.3. The number of aryl methyl sites for hydroxylation is 2. The van der Waals surface area contributed by atoms with Crippen molar-refractivity contribution in [3.05, 3.63) is 80.4 Å². The summed E-state index contributed by atoms with van der Waals surface area (Å²) < 4.78 is 24.0. The topological polar surface area (TPSA) is 152 Å². The SMILES string of the molecule is CO.Cc1cc2c(c(C(C)(C)C)c1)OP(=O)([O-])Oc1c(cc(C)cc1C(C)(C)C)C2.Nc1cc[nH+]c(=O)[nH]1. The van der Waals surface area contributed by atoms with Crippen molar-refractivity contribution in [3.8, 4) is 11.5 Å². The van der Waals surface area contributed by atoms with Crippen molar-refractivity contribution in [3.63, 3.8) is 0 Å². The molecule has 0 amide bonds. The van der Waals surface area contributed by atoms with Crippen molar-refractivity contribution in [2.45, 2.75) is 72.6 Å². The van der Waals surface area contributed by atoms with E-state index in [2.05, 4.69) is 51.5 Å². The number of aromatic nitrogens is 2. The summed E-state index contributed by atoms with van der Waals surface area (Å²) in [4.78, 5) is 27.9. The van der Waals surface area contributed by atoms with Crippen LogP contribution in [-0.2, 0) is 21.8 Å². The van der Waals surface area contributed by atoms with Crippen LogP contribution in [0.25, 0.3) is 0 Å². The van der Waals surface area contributed by atoms with Gasteiger partial charge in [0.15, 0.2) is 5.82 Å². The predicted octanol–water partition coefficient (Wildman–Crippen LogP) is 4.11. The van der Waals surface area contributed by atoms with Gasteiger partial charge in [-0.3, -0.25) is 0 Å². The minimum Gasteiger partial charge on any atom is -0.736 e. The van der Waals surface area contributed by atoms with E-state index in [4.69, 9.17) is 19.9 Å². The molecule has 0 spiro atoms. The van der Waals surface area contributed by atoms with E-state index in [0.29, 0.717) is 23.7 Å². The molecule has 4 rings (SSSR count). The van der Waals surface area contributed by atoms with Crippen LogP contribution in [0.1, 0.15) is 74.9 Å². The second-order valence-electron chi connectivity index (χ2n) is 11.3. The van der Waals surface area contributed by atoms with Crippen LogP contribution >= 0.6 is 7.82 Å². The van der Waals surface area contributed by atoms with Crippen molar-refractivity contribution >= 4 is 13.6 Å². The quantitative estimate of drug-likeness (QED) is 0.360. The molecule has 0 saturated carbocycles. The third kappa shape index (κ3) is 7.93. The number of nitrogens with two attached hydrogens (primary N) is 1. The van der Waals surface area contributed by atoms with Gasteiger partial charge in [0.05, 0.1) is 6.20 Å². The smallest absolute Gasteiger partial charge is 0.495 e. The molecular weight excluding hydrogens is 505 g/mol. The Morgan fingerprint density at radius 3 is 1.66 bits per heavy atom. The Balaban J connectivity index is 0.000000428. The van der Waals surface area contributed by atoms with Crippen molar-refractivity contribution < 1.29 is 28.6 Å². The number of aromatic amines is 2. The summed E-state index contributed by atoms with van der Waals surface area (Å²) in [5, 5.41) is 7.00. The summed E-state index contributed by atoms with van der Waals surface area (Å²) in [6, 6.07) is 9.59. The van der Waals surface area contributed by atoms with Crippen LogP contribution in [0.2, 0.25) is 0 Å². The second-order valence-corrected chi connectivity index (χ2v) is 12.6. The van der Waals surface area contributed by atoms with E-state index in [1.165, 1.54) is 6.20 Å². The highest BCUT2D eigenvalue weighted by atomic mass is 31.2. The van der Waals surface area contributed by atoms with E-state index in [-0.39, 0.29) is 16.5 Å². The number of hydrogen-bond donors (Lipinski definition) is 3. The van der Waals surface area contributed by atoms with Crippen molar-refractivity contribution in [2.75, 3.05) is 12.8 Å². The lowest BCUT2D eigenvalue weighted by Gasteiger charge is -2.35. The molecule has 2 aromatic carbocycles. The number of benzene rings is 2. The van der Waals surface area contributed by atoms with Gasteiger partial charge in [0, 0.05) is 30.7 Å². The van der Waals surface area contributed by atoms with E-state index in [1.54, 1.807) is 6.07 Å². The molecule has 0 fully saturated rings.